The quantitative estimate of drug-likeness (QED) is 0.792. The lowest BCUT2D eigenvalue weighted by Gasteiger charge is -2.20. The highest BCUT2D eigenvalue weighted by Gasteiger charge is 2.45. The minimum atomic E-state index is -3.66. The van der Waals surface area contributed by atoms with Crippen molar-refractivity contribution < 1.29 is 14.7 Å². The predicted octanol–water partition coefficient (Wildman–Crippen LogP) is 0.998. The molecule has 0 unspecified atom stereocenters. The molecule has 0 amide bonds. The molecule has 2 aromatic carbocycles. The average molecular weight is 244 g/mol. The van der Waals surface area contributed by atoms with Crippen molar-refractivity contribution in [2.24, 2.45) is 0 Å². The molecule has 0 saturated carbocycles. The Hall–Kier alpha value is -1.91. The van der Waals surface area contributed by atoms with Gasteiger partial charge in [-0.05, 0) is 10.4 Å². The van der Waals surface area contributed by atoms with Crippen LogP contribution >= 0.6 is 0 Å². The van der Waals surface area contributed by atoms with Crippen molar-refractivity contribution in [2.45, 2.75) is 0 Å². The highest BCUT2D eigenvalue weighted by molar-refractivity contribution is 7.16. The van der Waals surface area contributed by atoms with Crippen LogP contribution in [0.2, 0.25) is 0 Å². The van der Waals surface area contributed by atoms with Crippen LogP contribution in [0.5, 0.6) is 0 Å². The highest BCUT2D eigenvalue weighted by atomic mass is 28.4. The average Bonchev–Trinajstić information content (AvgIpc) is 2.39. The van der Waals surface area contributed by atoms with Gasteiger partial charge in [-0.2, -0.15) is 0 Å². The number of carboxylic acid groups (broad SMARTS) is 1. The molecule has 86 valence electrons. The topological polar surface area (TPSA) is 57.5 Å². The Labute approximate surface area is 100 Å². The smallest absolute Gasteiger partial charge is 0.379 e. The van der Waals surface area contributed by atoms with Crippen LogP contribution in [0.4, 0.5) is 4.79 Å². The molecule has 0 fully saturated rings. The van der Waals surface area contributed by atoms with Crippen molar-refractivity contribution in [3.63, 3.8) is 0 Å². The van der Waals surface area contributed by atoms with Crippen LogP contribution in [-0.2, 0) is 0 Å². The van der Waals surface area contributed by atoms with Crippen molar-refractivity contribution in [2.75, 3.05) is 0 Å². The summed E-state index contributed by atoms with van der Waals surface area (Å²) in [7, 11) is -3.66. The molecule has 4 heteroatoms. The van der Waals surface area contributed by atoms with E-state index in [2.05, 4.69) is 0 Å². The first-order valence-corrected chi connectivity index (χ1v) is 7.17. The van der Waals surface area contributed by atoms with Gasteiger partial charge in [-0.1, -0.05) is 60.7 Å². The zero-order valence-electron chi connectivity index (χ0n) is 9.08. The van der Waals surface area contributed by atoms with E-state index in [0.29, 0.717) is 10.4 Å². The molecular formula is C13H12O3Si. The summed E-state index contributed by atoms with van der Waals surface area (Å²) < 4.78 is 0. The van der Waals surface area contributed by atoms with Gasteiger partial charge in [0.25, 0.3) is 0 Å². The SMILES string of the molecule is O=C(O)[Si](O)(c1ccccc1)c1ccccc1. The van der Waals surface area contributed by atoms with Crippen LogP contribution in [0.1, 0.15) is 0 Å². The molecule has 2 N–H and O–H groups in total. The van der Waals surface area contributed by atoms with Crippen LogP contribution in [0.15, 0.2) is 60.7 Å². The maximum atomic E-state index is 11.4. The zero-order chi connectivity index (χ0) is 12.3. The molecule has 3 nitrogen and oxygen atoms in total. The number of benzene rings is 2. The van der Waals surface area contributed by atoms with Crippen LogP contribution in [0, 0.1) is 0 Å². The first-order valence-electron chi connectivity index (χ1n) is 5.22. The van der Waals surface area contributed by atoms with E-state index in [1.165, 1.54) is 0 Å². The second-order valence-electron chi connectivity index (χ2n) is 3.75. The number of hydrogen-bond donors (Lipinski definition) is 2. The molecule has 0 aliphatic carbocycles. The normalized spacial score (nSPS) is 11.1. The van der Waals surface area contributed by atoms with Crippen molar-refractivity contribution in [3.8, 4) is 0 Å². The molecule has 2 rings (SSSR count). The maximum absolute atomic E-state index is 11.4. The minimum absolute atomic E-state index is 0.485. The van der Waals surface area contributed by atoms with E-state index >= 15 is 0 Å². The Morgan fingerprint density at radius 3 is 1.47 bits per heavy atom. The number of carbonyl (C=O) groups is 1. The first kappa shape index (κ1) is 11.6. The van der Waals surface area contributed by atoms with Crippen molar-refractivity contribution >= 4 is 24.3 Å². The van der Waals surface area contributed by atoms with Gasteiger partial charge in [-0.15, -0.1) is 0 Å². The van der Waals surface area contributed by atoms with E-state index in [4.69, 9.17) is 0 Å². The lowest BCUT2D eigenvalue weighted by atomic mass is 10.4. The summed E-state index contributed by atoms with van der Waals surface area (Å²) in [6, 6.07) is 17.2. The molecule has 0 bridgehead atoms. The van der Waals surface area contributed by atoms with Gasteiger partial charge in [0.05, 0.1) is 0 Å². The van der Waals surface area contributed by atoms with E-state index in [1.807, 2.05) is 0 Å². The lowest BCUT2D eigenvalue weighted by Crippen LogP contribution is -2.64. The monoisotopic (exact) mass is 244 g/mol. The van der Waals surface area contributed by atoms with Gasteiger partial charge in [0.15, 0.2) is 0 Å². The lowest BCUT2D eigenvalue weighted by molar-refractivity contribution is 0.214. The summed E-state index contributed by atoms with van der Waals surface area (Å²) in [5.41, 5.74) is -1.14. The summed E-state index contributed by atoms with van der Waals surface area (Å²) >= 11 is 0. The summed E-state index contributed by atoms with van der Waals surface area (Å²) in [5, 5.41) is 10.3. The Bertz CT molecular complexity index is 471. The molecule has 0 aromatic heterocycles. The molecule has 17 heavy (non-hydrogen) atoms. The molecular weight excluding hydrogens is 232 g/mol. The summed E-state index contributed by atoms with van der Waals surface area (Å²) in [6.07, 6.45) is 0. The fraction of sp³-hybridized carbons (Fsp3) is 0. The fourth-order valence-corrected chi connectivity index (χ4v) is 3.95. The van der Waals surface area contributed by atoms with Gasteiger partial charge in [0.1, 0.15) is 0 Å². The Balaban J connectivity index is 2.59. The van der Waals surface area contributed by atoms with Crippen LogP contribution in [0.25, 0.3) is 0 Å². The van der Waals surface area contributed by atoms with Gasteiger partial charge in [-0.25, -0.2) is 0 Å². The van der Waals surface area contributed by atoms with Crippen molar-refractivity contribution in [1.82, 2.24) is 0 Å². The van der Waals surface area contributed by atoms with Crippen LogP contribution in [-0.4, -0.2) is 23.8 Å². The Kier molecular flexibility index (Phi) is 3.08. The maximum Gasteiger partial charge on any atom is 0.379 e. The third kappa shape index (κ3) is 2.00. The van der Waals surface area contributed by atoms with Gasteiger partial charge in [0.2, 0.25) is 0 Å². The second kappa shape index (κ2) is 4.53. The zero-order valence-corrected chi connectivity index (χ0v) is 10.1. The molecule has 0 spiro atoms. The second-order valence-corrected chi connectivity index (χ2v) is 6.75. The van der Waals surface area contributed by atoms with Crippen molar-refractivity contribution in [3.05, 3.63) is 60.7 Å². The minimum Gasteiger partial charge on any atom is -0.483 e. The van der Waals surface area contributed by atoms with Crippen molar-refractivity contribution in [1.29, 1.82) is 0 Å². The Morgan fingerprint density at radius 1 is 0.824 bits per heavy atom. The number of hydrogen-bond acceptors (Lipinski definition) is 2. The summed E-state index contributed by atoms with van der Waals surface area (Å²) in [4.78, 5) is 22.0. The van der Waals surface area contributed by atoms with Gasteiger partial charge >= 0.3 is 13.9 Å². The molecule has 2 aromatic rings. The van der Waals surface area contributed by atoms with E-state index in [0.717, 1.165) is 0 Å². The van der Waals surface area contributed by atoms with Gasteiger partial charge in [-0.3, -0.25) is 4.79 Å². The molecule has 0 radical (unpaired) electrons. The largest absolute Gasteiger partial charge is 0.483 e. The molecule has 0 aliphatic rings. The summed E-state index contributed by atoms with van der Waals surface area (Å²) in [6.45, 7) is 0. The van der Waals surface area contributed by atoms with Gasteiger partial charge < -0.3 is 9.90 Å². The first-order chi connectivity index (χ1) is 8.15. The fourth-order valence-electron chi connectivity index (χ4n) is 1.77. The van der Waals surface area contributed by atoms with Crippen LogP contribution in [0.3, 0.4) is 0 Å². The molecule has 0 heterocycles. The van der Waals surface area contributed by atoms with E-state index in [-0.39, 0.29) is 0 Å². The van der Waals surface area contributed by atoms with Crippen LogP contribution < -0.4 is 10.4 Å². The van der Waals surface area contributed by atoms with Gasteiger partial charge in [0, 0.05) is 0 Å². The highest BCUT2D eigenvalue weighted by Crippen LogP contribution is 2.03. The standard InChI is InChI=1S/C13H12O3Si/c14-13(15)17(16,11-7-3-1-4-8-11)12-9-5-2-6-10-12/h1-10,16H,(H,14,15). The predicted molar refractivity (Wildman–Crippen MR) is 68.1 cm³/mol. The number of rotatable bonds is 3. The van der Waals surface area contributed by atoms with E-state index in [9.17, 15) is 14.7 Å². The molecule has 0 aliphatic heterocycles. The molecule has 0 atom stereocenters. The van der Waals surface area contributed by atoms with E-state index < -0.39 is 13.9 Å². The Morgan fingerprint density at radius 2 is 1.18 bits per heavy atom. The summed E-state index contributed by atoms with van der Waals surface area (Å²) in [5.74, 6) is 0. The third-order valence-electron chi connectivity index (χ3n) is 2.69. The third-order valence-corrected chi connectivity index (χ3v) is 5.65. The molecule has 0 saturated heterocycles. The van der Waals surface area contributed by atoms with E-state index in [1.54, 1.807) is 60.7 Å².